The summed E-state index contributed by atoms with van der Waals surface area (Å²) in [6, 6.07) is 4.77. The normalized spacial score (nSPS) is 13.8. The molecule has 0 spiro atoms. The van der Waals surface area contributed by atoms with E-state index < -0.39 is 0 Å². The zero-order chi connectivity index (χ0) is 8.55. The molecule has 1 aromatic carbocycles. The molecule has 64 valence electrons. The predicted molar refractivity (Wildman–Crippen MR) is 60.6 cm³/mol. The molecular formula is C11H13I. The Hall–Kier alpha value is -0.0500. The molecular weight excluding hydrogens is 259 g/mol. The standard InChI is InChI=1S/C11H13I/c1-2-3-10-6-8-4-5-9(8)7-11(10)12/h6-7H,2-5H2,1H3. The van der Waals surface area contributed by atoms with Gasteiger partial charge < -0.3 is 0 Å². The van der Waals surface area contributed by atoms with Crippen molar-refractivity contribution in [3.8, 4) is 0 Å². The van der Waals surface area contributed by atoms with E-state index in [1.807, 2.05) is 0 Å². The molecule has 0 unspecified atom stereocenters. The summed E-state index contributed by atoms with van der Waals surface area (Å²) in [5.74, 6) is 0. The number of halogens is 1. The highest BCUT2D eigenvalue weighted by molar-refractivity contribution is 14.1. The fraction of sp³-hybridized carbons (Fsp3) is 0.455. The third-order valence-corrected chi connectivity index (χ3v) is 3.56. The largest absolute Gasteiger partial charge is 0.0651 e. The second-order valence-electron chi connectivity index (χ2n) is 3.46. The summed E-state index contributed by atoms with van der Waals surface area (Å²) >= 11 is 2.46. The van der Waals surface area contributed by atoms with E-state index in [9.17, 15) is 0 Å². The molecule has 0 N–H and O–H groups in total. The fourth-order valence-electron chi connectivity index (χ4n) is 1.73. The van der Waals surface area contributed by atoms with Crippen molar-refractivity contribution >= 4 is 22.6 Å². The molecule has 2 rings (SSSR count). The van der Waals surface area contributed by atoms with Gasteiger partial charge in [0.25, 0.3) is 0 Å². The molecule has 0 nitrogen and oxygen atoms in total. The van der Waals surface area contributed by atoms with Gasteiger partial charge in [0.05, 0.1) is 0 Å². The van der Waals surface area contributed by atoms with Crippen LogP contribution in [-0.2, 0) is 19.3 Å². The minimum atomic E-state index is 1.24. The molecule has 1 aliphatic rings. The average molecular weight is 272 g/mol. The lowest BCUT2D eigenvalue weighted by Gasteiger charge is -2.20. The summed E-state index contributed by atoms with van der Waals surface area (Å²) in [6.07, 6.45) is 5.11. The fourth-order valence-corrected chi connectivity index (χ4v) is 2.53. The van der Waals surface area contributed by atoms with Crippen LogP contribution in [0.25, 0.3) is 0 Å². The predicted octanol–water partition coefficient (Wildman–Crippen LogP) is 3.34. The van der Waals surface area contributed by atoms with Gasteiger partial charge >= 0.3 is 0 Å². The first-order valence-corrected chi connectivity index (χ1v) is 5.69. The van der Waals surface area contributed by atoms with Crippen LogP contribution in [0.5, 0.6) is 0 Å². The lowest BCUT2D eigenvalue weighted by atomic mass is 9.87. The van der Waals surface area contributed by atoms with Crippen LogP contribution in [0.15, 0.2) is 12.1 Å². The van der Waals surface area contributed by atoms with E-state index in [1.54, 1.807) is 16.7 Å². The van der Waals surface area contributed by atoms with E-state index >= 15 is 0 Å². The number of fused-ring (bicyclic) bond motifs is 1. The van der Waals surface area contributed by atoms with Gasteiger partial charge in [-0.15, -0.1) is 0 Å². The zero-order valence-electron chi connectivity index (χ0n) is 7.36. The van der Waals surface area contributed by atoms with Crippen LogP contribution in [0, 0.1) is 3.57 Å². The Morgan fingerprint density at radius 1 is 1.25 bits per heavy atom. The molecule has 1 aliphatic carbocycles. The molecule has 0 heterocycles. The van der Waals surface area contributed by atoms with Crippen molar-refractivity contribution in [1.82, 2.24) is 0 Å². The van der Waals surface area contributed by atoms with Crippen LogP contribution < -0.4 is 0 Å². The van der Waals surface area contributed by atoms with E-state index in [-0.39, 0.29) is 0 Å². The van der Waals surface area contributed by atoms with Gasteiger partial charge in [-0.05, 0) is 64.6 Å². The van der Waals surface area contributed by atoms with E-state index in [0.717, 1.165) is 0 Å². The van der Waals surface area contributed by atoms with Crippen molar-refractivity contribution < 1.29 is 0 Å². The summed E-state index contributed by atoms with van der Waals surface area (Å²) < 4.78 is 1.47. The SMILES string of the molecule is CCCc1cc2c(cc1I)CC2. The summed E-state index contributed by atoms with van der Waals surface area (Å²) in [7, 11) is 0. The number of rotatable bonds is 2. The number of hydrogen-bond donors (Lipinski definition) is 0. The van der Waals surface area contributed by atoms with Crippen LogP contribution >= 0.6 is 22.6 Å². The number of hydrogen-bond acceptors (Lipinski definition) is 0. The molecule has 12 heavy (non-hydrogen) atoms. The van der Waals surface area contributed by atoms with E-state index in [2.05, 4.69) is 41.6 Å². The summed E-state index contributed by atoms with van der Waals surface area (Å²) in [5.41, 5.74) is 4.73. The monoisotopic (exact) mass is 272 g/mol. The van der Waals surface area contributed by atoms with Gasteiger partial charge in [0.15, 0.2) is 0 Å². The maximum absolute atomic E-state index is 2.46. The molecule has 0 radical (unpaired) electrons. The average Bonchev–Trinajstić information content (AvgIpc) is 2.03. The van der Waals surface area contributed by atoms with Crippen molar-refractivity contribution in [3.05, 3.63) is 32.4 Å². The first kappa shape index (κ1) is 8.54. The maximum Gasteiger partial charge on any atom is 0.0165 e. The summed E-state index contributed by atoms with van der Waals surface area (Å²) in [6.45, 7) is 2.25. The van der Waals surface area contributed by atoms with Crippen LogP contribution in [0.3, 0.4) is 0 Å². The molecule has 0 aromatic heterocycles. The molecule has 0 fully saturated rings. The van der Waals surface area contributed by atoms with Crippen molar-refractivity contribution in [2.75, 3.05) is 0 Å². The second kappa shape index (κ2) is 3.36. The lowest BCUT2D eigenvalue weighted by molar-refractivity contribution is 0.821. The van der Waals surface area contributed by atoms with Crippen molar-refractivity contribution in [2.45, 2.75) is 32.6 Å². The smallest absolute Gasteiger partial charge is 0.0165 e. The first-order valence-electron chi connectivity index (χ1n) is 4.61. The highest BCUT2D eigenvalue weighted by Crippen LogP contribution is 2.27. The molecule has 0 bridgehead atoms. The van der Waals surface area contributed by atoms with E-state index in [4.69, 9.17) is 0 Å². The molecule has 1 aromatic rings. The minimum Gasteiger partial charge on any atom is -0.0651 e. The Bertz CT molecular complexity index is 302. The first-order chi connectivity index (χ1) is 5.81. The van der Waals surface area contributed by atoms with Gasteiger partial charge in [0, 0.05) is 3.57 Å². The minimum absolute atomic E-state index is 1.24. The van der Waals surface area contributed by atoms with Gasteiger partial charge in [0.2, 0.25) is 0 Å². The van der Waals surface area contributed by atoms with Gasteiger partial charge in [-0.25, -0.2) is 0 Å². The topological polar surface area (TPSA) is 0 Å². The van der Waals surface area contributed by atoms with Gasteiger partial charge in [-0.3, -0.25) is 0 Å². The van der Waals surface area contributed by atoms with Crippen molar-refractivity contribution in [3.63, 3.8) is 0 Å². The van der Waals surface area contributed by atoms with Gasteiger partial charge in [-0.1, -0.05) is 19.4 Å². The Morgan fingerprint density at radius 2 is 1.92 bits per heavy atom. The summed E-state index contributed by atoms with van der Waals surface area (Å²) in [4.78, 5) is 0. The van der Waals surface area contributed by atoms with E-state index in [0.29, 0.717) is 0 Å². The van der Waals surface area contributed by atoms with Crippen LogP contribution in [0.4, 0.5) is 0 Å². The molecule has 0 aliphatic heterocycles. The van der Waals surface area contributed by atoms with Gasteiger partial charge in [0.1, 0.15) is 0 Å². The Morgan fingerprint density at radius 3 is 2.50 bits per heavy atom. The quantitative estimate of drug-likeness (QED) is 0.724. The van der Waals surface area contributed by atoms with Gasteiger partial charge in [-0.2, -0.15) is 0 Å². The Balaban J connectivity index is 2.35. The third-order valence-electron chi connectivity index (χ3n) is 2.55. The molecule has 0 atom stereocenters. The molecule has 1 heteroatoms. The molecule has 0 amide bonds. The van der Waals surface area contributed by atoms with Crippen molar-refractivity contribution in [2.24, 2.45) is 0 Å². The molecule has 0 saturated carbocycles. The van der Waals surface area contributed by atoms with E-state index in [1.165, 1.54) is 29.3 Å². The van der Waals surface area contributed by atoms with Crippen LogP contribution in [-0.4, -0.2) is 0 Å². The number of benzene rings is 1. The van der Waals surface area contributed by atoms with Crippen molar-refractivity contribution in [1.29, 1.82) is 0 Å². The third kappa shape index (κ3) is 1.39. The Labute approximate surface area is 87.5 Å². The second-order valence-corrected chi connectivity index (χ2v) is 4.62. The maximum atomic E-state index is 2.46. The van der Waals surface area contributed by atoms with Crippen LogP contribution in [0.2, 0.25) is 0 Å². The summed E-state index contributed by atoms with van der Waals surface area (Å²) in [5, 5.41) is 0. The zero-order valence-corrected chi connectivity index (χ0v) is 9.52. The molecule has 0 saturated heterocycles. The van der Waals surface area contributed by atoms with Crippen LogP contribution in [0.1, 0.15) is 30.0 Å². The highest BCUT2D eigenvalue weighted by atomic mass is 127. The highest BCUT2D eigenvalue weighted by Gasteiger charge is 2.14. The lowest BCUT2D eigenvalue weighted by Crippen LogP contribution is -2.09. The Kier molecular flexibility index (Phi) is 2.40. The number of aryl methyl sites for hydroxylation is 3.